The zero-order valence-electron chi connectivity index (χ0n) is 22.0. The van der Waals surface area contributed by atoms with Crippen molar-refractivity contribution in [2.24, 2.45) is 11.8 Å². The van der Waals surface area contributed by atoms with Crippen LogP contribution in [0.15, 0.2) is 49.1 Å². The number of nitrogens with one attached hydrogen (secondary N) is 1. The minimum Gasteiger partial charge on any atom is -0.466 e. The molecule has 2 aliphatic rings. The maximum absolute atomic E-state index is 11.6. The highest BCUT2D eigenvalue weighted by Crippen LogP contribution is 2.20. The second-order valence-corrected chi connectivity index (χ2v) is 8.83. The fraction of sp³-hybridized carbons (Fsp3) is 0.536. The van der Waals surface area contributed by atoms with Gasteiger partial charge >= 0.3 is 11.9 Å². The normalized spacial score (nSPS) is 16.3. The molecule has 9 heteroatoms. The predicted octanol–water partition coefficient (Wildman–Crippen LogP) is 3.30. The molecule has 2 aliphatic heterocycles. The number of hydrogen-bond acceptors (Lipinski definition) is 9. The fourth-order valence-electron chi connectivity index (χ4n) is 4.09. The van der Waals surface area contributed by atoms with E-state index in [1.54, 1.807) is 24.5 Å². The van der Waals surface area contributed by atoms with Crippen LogP contribution in [0, 0.1) is 11.8 Å². The summed E-state index contributed by atoms with van der Waals surface area (Å²) in [4.78, 5) is 42.9. The Morgan fingerprint density at radius 1 is 0.865 bits per heavy atom. The lowest BCUT2D eigenvalue weighted by molar-refractivity contribution is -0.150. The topological polar surface area (TPSA) is 111 Å². The van der Waals surface area contributed by atoms with Gasteiger partial charge in [0.05, 0.1) is 25.0 Å². The van der Waals surface area contributed by atoms with E-state index >= 15 is 0 Å². The van der Waals surface area contributed by atoms with Crippen molar-refractivity contribution in [2.75, 3.05) is 39.4 Å². The SMILES string of the molecule is CCOC(=O)C1CCN(Cc2ccncc2)CC1.CCOC(=O)C1CCNCC1.O=Cc1ccncc1. The van der Waals surface area contributed by atoms with Crippen LogP contribution in [0.25, 0.3) is 0 Å². The van der Waals surface area contributed by atoms with Crippen molar-refractivity contribution in [2.45, 2.75) is 46.1 Å². The van der Waals surface area contributed by atoms with Gasteiger partial charge < -0.3 is 14.8 Å². The second-order valence-electron chi connectivity index (χ2n) is 8.83. The third-order valence-electron chi connectivity index (χ3n) is 6.16. The molecule has 0 amide bonds. The molecule has 37 heavy (non-hydrogen) atoms. The predicted molar refractivity (Wildman–Crippen MR) is 141 cm³/mol. The van der Waals surface area contributed by atoms with Crippen LogP contribution in [0.1, 0.15) is 55.5 Å². The van der Waals surface area contributed by atoms with Gasteiger partial charge in [-0.15, -0.1) is 0 Å². The number of ether oxygens (including phenoxy) is 2. The van der Waals surface area contributed by atoms with Crippen molar-refractivity contribution in [1.82, 2.24) is 20.2 Å². The molecule has 1 N–H and O–H groups in total. The Labute approximate surface area is 220 Å². The molecule has 4 rings (SSSR count). The van der Waals surface area contributed by atoms with E-state index in [2.05, 4.69) is 20.2 Å². The minimum atomic E-state index is -0.0268. The van der Waals surface area contributed by atoms with Gasteiger partial charge in [0.15, 0.2) is 0 Å². The first-order valence-corrected chi connectivity index (χ1v) is 13.1. The molecule has 9 nitrogen and oxygen atoms in total. The molecule has 0 spiro atoms. The zero-order valence-corrected chi connectivity index (χ0v) is 22.0. The summed E-state index contributed by atoms with van der Waals surface area (Å²) in [5.41, 5.74) is 1.94. The van der Waals surface area contributed by atoms with Crippen LogP contribution in [0.5, 0.6) is 0 Å². The molecule has 2 aromatic heterocycles. The highest BCUT2D eigenvalue weighted by molar-refractivity contribution is 5.74. The summed E-state index contributed by atoms with van der Waals surface area (Å²) in [6, 6.07) is 7.40. The molecule has 2 aromatic rings. The van der Waals surface area contributed by atoms with E-state index in [0.29, 0.717) is 18.8 Å². The van der Waals surface area contributed by atoms with Crippen LogP contribution in [0.2, 0.25) is 0 Å². The number of likely N-dealkylation sites (tertiary alicyclic amines) is 1. The van der Waals surface area contributed by atoms with Gasteiger partial charge in [0.2, 0.25) is 0 Å². The summed E-state index contributed by atoms with van der Waals surface area (Å²) in [7, 11) is 0. The number of carbonyl (C=O) groups is 3. The van der Waals surface area contributed by atoms with Crippen molar-refractivity contribution >= 4 is 18.2 Å². The highest BCUT2D eigenvalue weighted by Gasteiger charge is 2.25. The standard InChI is InChI=1S/C14H20N2O2.C8H15NO2.C6H5NO/c1-2-18-14(17)13-5-9-16(10-6-13)11-12-3-7-15-8-4-12;1-2-11-8(10)7-3-5-9-6-4-7;8-5-6-1-3-7-4-2-6/h3-4,7-8,13H,2,5-6,9-11H2,1H3;7,9H,2-6H2,1H3;1-5H. The summed E-state index contributed by atoms with van der Waals surface area (Å²) in [6.45, 7) is 9.46. The Hall–Kier alpha value is -3.17. The van der Waals surface area contributed by atoms with Crippen LogP contribution in [0.3, 0.4) is 0 Å². The second kappa shape index (κ2) is 18.1. The third-order valence-corrected chi connectivity index (χ3v) is 6.16. The minimum absolute atomic E-state index is 0.0194. The molecule has 0 saturated carbocycles. The molecule has 0 aliphatic carbocycles. The quantitative estimate of drug-likeness (QED) is 0.441. The molecule has 0 atom stereocenters. The number of esters is 2. The van der Waals surface area contributed by atoms with Gasteiger partial charge in [-0.1, -0.05) is 0 Å². The first-order chi connectivity index (χ1) is 18.1. The average molecular weight is 513 g/mol. The molecular formula is C28H40N4O5. The molecule has 2 fully saturated rings. The maximum atomic E-state index is 11.6. The lowest BCUT2D eigenvalue weighted by Crippen LogP contribution is -2.36. The first kappa shape index (κ1) is 30.1. The molecular weight excluding hydrogens is 472 g/mol. The Kier molecular flexibility index (Phi) is 14.7. The Morgan fingerprint density at radius 3 is 1.81 bits per heavy atom. The fourth-order valence-corrected chi connectivity index (χ4v) is 4.09. The molecule has 2 saturated heterocycles. The molecule has 4 heterocycles. The van der Waals surface area contributed by atoms with Crippen LogP contribution < -0.4 is 5.32 Å². The van der Waals surface area contributed by atoms with E-state index < -0.39 is 0 Å². The summed E-state index contributed by atoms with van der Waals surface area (Å²) in [6.07, 6.45) is 11.3. The summed E-state index contributed by atoms with van der Waals surface area (Å²) in [5.74, 6) is 0.199. The number of aldehydes is 1. The van der Waals surface area contributed by atoms with Gasteiger partial charge in [-0.2, -0.15) is 0 Å². The number of hydrogen-bond donors (Lipinski definition) is 1. The van der Waals surface area contributed by atoms with Crippen molar-refractivity contribution < 1.29 is 23.9 Å². The van der Waals surface area contributed by atoms with Crippen molar-refractivity contribution in [1.29, 1.82) is 0 Å². The van der Waals surface area contributed by atoms with Crippen molar-refractivity contribution in [3.05, 3.63) is 60.2 Å². The smallest absolute Gasteiger partial charge is 0.309 e. The van der Waals surface area contributed by atoms with Gasteiger partial charge in [0.1, 0.15) is 6.29 Å². The highest BCUT2D eigenvalue weighted by atomic mass is 16.5. The molecule has 0 unspecified atom stereocenters. The monoisotopic (exact) mass is 512 g/mol. The van der Waals surface area contributed by atoms with Crippen LogP contribution in [-0.2, 0) is 25.6 Å². The van der Waals surface area contributed by atoms with Crippen LogP contribution in [-0.4, -0.2) is 72.5 Å². The molecule has 0 bridgehead atoms. The summed E-state index contributed by atoms with van der Waals surface area (Å²) in [5, 5.41) is 3.20. The van der Waals surface area contributed by atoms with E-state index in [4.69, 9.17) is 9.47 Å². The summed E-state index contributed by atoms with van der Waals surface area (Å²) >= 11 is 0. The van der Waals surface area contributed by atoms with Gasteiger partial charge in [-0.25, -0.2) is 0 Å². The third kappa shape index (κ3) is 12.1. The van der Waals surface area contributed by atoms with Gasteiger partial charge in [0, 0.05) is 36.9 Å². The van der Waals surface area contributed by atoms with Crippen molar-refractivity contribution in [3.8, 4) is 0 Å². The van der Waals surface area contributed by atoms with Crippen molar-refractivity contribution in [3.63, 3.8) is 0 Å². The number of nitrogens with zero attached hydrogens (tertiary/aromatic N) is 3. The van der Waals surface area contributed by atoms with E-state index in [1.807, 2.05) is 38.4 Å². The lowest BCUT2D eigenvalue weighted by atomic mass is 9.97. The molecule has 0 aromatic carbocycles. The number of pyridine rings is 2. The van der Waals surface area contributed by atoms with E-state index in [1.165, 1.54) is 5.56 Å². The Morgan fingerprint density at radius 2 is 1.35 bits per heavy atom. The lowest BCUT2D eigenvalue weighted by Gasteiger charge is -2.30. The zero-order chi connectivity index (χ0) is 26.7. The molecule has 202 valence electrons. The summed E-state index contributed by atoms with van der Waals surface area (Å²) < 4.78 is 9.98. The number of aromatic nitrogens is 2. The van der Waals surface area contributed by atoms with Gasteiger partial charge in [-0.3, -0.25) is 29.3 Å². The molecule has 0 radical (unpaired) electrons. The maximum Gasteiger partial charge on any atom is 0.309 e. The average Bonchev–Trinajstić information content (AvgIpc) is 2.96. The Balaban J connectivity index is 0.000000215. The van der Waals surface area contributed by atoms with Gasteiger partial charge in [0.25, 0.3) is 0 Å². The first-order valence-electron chi connectivity index (χ1n) is 13.1. The van der Waals surface area contributed by atoms with E-state index in [0.717, 1.165) is 64.7 Å². The van der Waals surface area contributed by atoms with Crippen LogP contribution in [0.4, 0.5) is 0 Å². The van der Waals surface area contributed by atoms with E-state index in [-0.39, 0.29) is 23.8 Å². The number of piperidine rings is 2. The van der Waals surface area contributed by atoms with Crippen LogP contribution >= 0.6 is 0 Å². The van der Waals surface area contributed by atoms with Gasteiger partial charge in [-0.05, 0) is 95.5 Å². The van der Waals surface area contributed by atoms with E-state index in [9.17, 15) is 14.4 Å². The largest absolute Gasteiger partial charge is 0.466 e. The Bertz CT molecular complexity index is 899. The number of carbonyl (C=O) groups excluding carboxylic acids is 3. The number of rotatable bonds is 7.